The lowest BCUT2D eigenvalue weighted by Gasteiger charge is -2.13. The Bertz CT molecular complexity index is 983. The van der Waals surface area contributed by atoms with Crippen molar-refractivity contribution >= 4 is 6.21 Å². The SMILES string of the molecule is C/N=C/c1cnn(-c2cc(-c3nc([C@@H]4CCCN4C#N)no3)ccn2)c1. The number of rotatable bonds is 4. The molecule has 26 heavy (non-hydrogen) atoms. The monoisotopic (exact) mass is 348 g/mol. The fourth-order valence-electron chi connectivity index (χ4n) is 3.00. The predicted molar refractivity (Wildman–Crippen MR) is 92.5 cm³/mol. The van der Waals surface area contributed by atoms with Gasteiger partial charge in [0.05, 0.1) is 6.20 Å². The molecule has 0 spiro atoms. The van der Waals surface area contributed by atoms with Crippen molar-refractivity contribution in [3.8, 4) is 23.5 Å². The van der Waals surface area contributed by atoms with Gasteiger partial charge in [0.1, 0.15) is 6.04 Å². The number of nitrogens with zero attached hydrogens (tertiary/aromatic N) is 8. The van der Waals surface area contributed by atoms with Crippen molar-refractivity contribution in [2.45, 2.75) is 18.9 Å². The lowest BCUT2D eigenvalue weighted by Crippen LogP contribution is -2.17. The van der Waals surface area contributed by atoms with Crippen LogP contribution in [0.4, 0.5) is 0 Å². The Morgan fingerprint density at radius 3 is 3.23 bits per heavy atom. The van der Waals surface area contributed by atoms with Gasteiger partial charge in [-0.25, -0.2) is 9.67 Å². The van der Waals surface area contributed by atoms with E-state index >= 15 is 0 Å². The van der Waals surface area contributed by atoms with E-state index in [1.807, 2.05) is 12.3 Å². The summed E-state index contributed by atoms with van der Waals surface area (Å²) in [7, 11) is 1.71. The van der Waals surface area contributed by atoms with Crippen molar-refractivity contribution in [2.24, 2.45) is 4.99 Å². The molecule has 9 nitrogen and oxygen atoms in total. The fraction of sp³-hybridized carbons (Fsp3) is 0.294. The first-order chi connectivity index (χ1) is 12.8. The Labute approximate surface area is 149 Å². The van der Waals surface area contributed by atoms with Crippen LogP contribution in [0.3, 0.4) is 0 Å². The summed E-state index contributed by atoms with van der Waals surface area (Å²) in [5.74, 6) is 1.58. The van der Waals surface area contributed by atoms with Crippen LogP contribution in [0, 0.1) is 11.5 Å². The summed E-state index contributed by atoms with van der Waals surface area (Å²) in [6.07, 6.45) is 10.9. The molecule has 9 heteroatoms. The summed E-state index contributed by atoms with van der Waals surface area (Å²) in [6.45, 7) is 0.729. The van der Waals surface area contributed by atoms with Crippen molar-refractivity contribution in [3.63, 3.8) is 0 Å². The van der Waals surface area contributed by atoms with Crippen LogP contribution in [0.5, 0.6) is 0 Å². The van der Waals surface area contributed by atoms with Crippen LogP contribution in [-0.4, -0.2) is 49.6 Å². The van der Waals surface area contributed by atoms with Gasteiger partial charge in [0.15, 0.2) is 17.8 Å². The molecule has 0 N–H and O–H groups in total. The topological polar surface area (TPSA) is 109 Å². The number of aromatic nitrogens is 5. The zero-order valence-electron chi connectivity index (χ0n) is 14.1. The van der Waals surface area contributed by atoms with E-state index in [0.717, 1.165) is 30.5 Å². The summed E-state index contributed by atoms with van der Waals surface area (Å²) in [4.78, 5) is 14.5. The van der Waals surface area contributed by atoms with Crippen LogP contribution in [-0.2, 0) is 0 Å². The van der Waals surface area contributed by atoms with Gasteiger partial charge in [-0.1, -0.05) is 5.16 Å². The van der Waals surface area contributed by atoms with E-state index in [1.165, 1.54) is 0 Å². The van der Waals surface area contributed by atoms with Gasteiger partial charge in [-0.3, -0.25) is 9.89 Å². The van der Waals surface area contributed by atoms with Crippen molar-refractivity contribution in [1.82, 2.24) is 29.8 Å². The summed E-state index contributed by atoms with van der Waals surface area (Å²) in [5, 5.41) is 17.5. The second-order valence-electron chi connectivity index (χ2n) is 5.92. The summed E-state index contributed by atoms with van der Waals surface area (Å²) in [5.41, 5.74) is 1.63. The molecule has 0 bridgehead atoms. The van der Waals surface area contributed by atoms with Crippen molar-refractivity contribution in [2.75, 3.05) is 13.6 Å². The lowest BCUT2D eigenvalue weighted by molar-refractivity contribution is 0.339. The average molecular weight is 348 g/mol. The minimum atomic E-state index is -0.110. The summed E-state index contributed by atoms with van der Waals surface area (Å²) >= 11 is 0. The quantitative estimate of drug-likeness (QED) is 0.524. The maximum absolute atomic E-state index is 9.19. The molecule has 0 amide bonds. The van der Waals surface area contributed by atoms with E-state index in [1.54, 1.807) is 41.3 Å². The Hall–Kier alpha value is -3.54. The van der Waals surface area contributed by atoms with Crippen LogP contribution >= 0.6 is 0 Å². The second-order valence-corrected chi connectivity index (χ2v) is 5.92. The number of likely N-dealkylation sites (tertiary alicyclic amines) is 1. The highest BCUT2D eigenvalue weighted by atomic mass is 16.5. The first kappa shape index (κ1) is 16.0. The maximum Gasteiger partial charge on any atom is 0.258 e. The molecule has 1 atom stereocenters. The number of aliphatic imine (C=N–C) groups is 1. The molecule has 130 valence electrons. The van der Waals surface area contributed by atoms with Gasteiger partial charge in [0, 0.05) is 43.3 Å². The Morgan fingerprint density at radius 2 is 2.38 bits per heavy atom. The Balaban J connectivity index is 1.62. The predicted octanol–water partition coefficient (Wildman–Crippen LogP) is 1.98. The van der Waals surface area contributed by atoms with Crippen molar-refractivity contribution in [1.29, 1.82) is 5.26 Å². The molecule has 0 saturated carbocycles. The second kappa shape index (κ2) is 6.76. The molecule has 0 aromatic carbocycles. The highest BCUT2D eigenvalue weighted by molar-refractivity contribution is 5.78. The normalized spacial score (nSPS) is 17.1. The van der Waals surface area contributed by atoms with Crippen LogP contribution in [0.2, 0.25) is 0 Å². The Kier molecular flexibility index (Phi) is 4.15. The van der Waals surface area contributed by atoms with Crippen LogP contribution in [0.15, 0.2) is 40.2 Å². The first-order valence-electron chi connectivity index (χ1n) is 8.22. The van der Waals surface area contributed by atoms with Gasteiger partial charge in [-0.05, 0) is 25.0 Å². The molecule has 0 unspecified atom stereocenters. The van der Waals surface area contributed by atoms with E-state index in [9.17, 15) is 5.26 Å². The van der Waals surface area contributed by atoms with E-state index in [4.69, 9.17) is 4.52 Å². The van der Waals surface area contributed by atoms with Crippen LogP contribution < -0.4 is 0 Å². The first-order valence-corrected chi connectivity index (χ1v) is 8.22. The molecule has 1 aliphatic rings. The molecule has 0 radical (unpaired) electrons. The van der Waals surface area contributed by atoms with Crippen molar-refractivity contribution in [3.05, 3.63) is 42.1 Å². The van der Waals surface area contributed by atoms with E-state index in [0.29, 0.717) is 17.5 Å². The standard InChI is InChI=1S/C17H16N8O/c1-19-8-12-9-21-25(10-12)15-7-13(4-5-20-15)17-22-16(23-26-17)14-3-2-6-24(14)11-18/h4-5,7-10,14H,2-3,6H2,1H3/b19-8+/t14-/m0/s1. The van der Waals surface area contributed by atoms with E-state index in [2.05, 4.69) is 31.4 Å². The van der Waals surface area contributed by atoms with Gasteiger partial charge < -0.3 is 4.52 Å². The molecular formula is C17H16N8O. The molecular weight excluding hydrogens is 332 g/mol. The molecule has 3 aromatic heterocycles. The van der Waals surface area contributed by atoms with Gasteiger partial charge in [-0.15, -0.1) is 0 Å². The third kappa shape index (κ3) is 2.93. The van der Waals surface area contributed by atoms with Crippen molar-refractivity contribution < 1.29 is 4.52 Å². The molecule has 1 aliphatic heterocycles. The summed E-state index contributed by atoms with van der Waals surface area (Å²) in [6, 6.07) is 3.52. The molecule has 1 fully saturated rings. The number of nitriles is 1. The fourth-order valence-corrected chi connectivity index (χ4v) is 3.00. The van der Waals surface area contributed by atoms with Crippen LogP contribution in [0.1, 0.15) is 30.3 Å². The molecule has 4 rings (SSSR count). The van der Waals surface area contributed by atoms with Crippen LogP contribution in [0.25, 0.3) is 17.3 Å². The third-order valence-electron chi connectivity index (χ3n) is 4.23. The van der Waals surface area contributed by atoms with Gasteiger partial charge in [-0.2, -0.15) is 15.3 Å². The molecule has 1 saturated heterocycles. The largest absolute Gasteiger partial charge is 0.334 e. The number of hydrogen-bond donors (Lipinski definition) is 0. The van der Waals surface area contributed by atoms with Gasteiger partial charge >= 0.3 is 0 Å². The lowest BCUT2D eigenvalue weighted by atomic mass is 10.2. The minimum absolute atomic E-state index is 0.110. The van der Waals surface area contributed by atoms with E-state index in [-0.39, 0.29) is 6.04 Å². The molecule has 4 heterocycles. The molecule has 0 aliphatic carbocycles. The zero-order valence-corrected chi connectivity index (χ0v) is 14.1. The highest BCUT2D eigenvalue weighted by Gasteiger charge is 2.29. The Morgan fingerprint density at radius 1 is 1.46 bits per heavy atom. The minimum Gasteiger partial charge on any atom is -0.334 e. The summed E-state index contributed by atoms with van der Waals surface area (Å²) < 4.78 is 7.07. The van der Waals surface area contributed by atoms with Gasteiger partial charge in [0.2, 0.25) is 0 Å². The maximum atomic E-state index is 9.19. The number of hydrogen-bond acceptors (Lipinski definition) is 8. The third-order valence-corrected chi connectivity index (χ3v) is 4.23. The average Bonchev–Trinajstić information content (AvgIpc) is 3.41. The highest BCUT2D eigenvalue weighted by Crippen LogP contribution is 2.30. The van der Waals surface area contributed by atoms with Gasteiger partial charge in [0.25, 0.3) is 5.89 Å². The van der Waals surface area contributed by atoms with E-state index < -0.39 is 0 Å². The zero-order chi connectivity index (χ0) is 17.9. The molecule has 3 aromatic rings. The number of pyridine rings is 1. The smallest absolute Gasteiger partial charge is 0.258 e.